The van der Waals surface area contributed by atoms with E-state index in [-0.39, 0.29) is 11.5 Å². The first-order valence-electron chi connectivity index (χ1n) is 8.81. The minimum absolute atomic E-state index is 0.131. The summed E-state index contributed by atoms with van der Waals surface area (Å²) >= 11 is 0. The van der Waals surface area contributed by atoms with Crippen molar-refractivity contribution in [2.24, 2.45) is 0 Å². The molecule has 7 heteroatoms. The van der Waals surface area contributed by atoms with Crippen LogP contribution in [0.25, 0.3) is 23.1 Å². The van der Waals surface area contributed by atoms with Gasteiger partial charge in [-0.2, -0.15) is 5.10 Å². The molecule has 0 saturated heterocycles. The molecule has 142 valence electrons. The summed E-state index contributed by atoms with van der Waals surface area (Å²) < 4.78 is 0. The maximum atomic E-state index is 12.5. The number of pyridine rings is 1. The van der Waals surface area contributed by atoms with Gasteiger partial charge in [0.1, 0.15) is 0 Å². The minimum atomic E-state index is -1.03. The molecule has 4 rings (SSSR count). The highest BCUT2D eigenvalue weighted by molar-refractivity contribution is 6.06. The quantitative estimate of drug-likeness (QED) is 0.480. The summed E-state index contributed by atoms with van der Waals surface area (Å²) in [5.74, 6) is -1.36. The molecule has 0 radical (unpaired) electrons. The number of nitrogens with one attached hydrogen (secondary N) is 2. The van der Waals surface area contributed by atoms with Crippen molar-refractivity contribution in [1.82, 2.24) is 15.2 Å². The molecule has 0 bridgehead atoms. The molecule has 2 heterocycles. The van der Waals surface area contributed by atoms with Crippen LogP contribution < -0.4 is 5.32 Å². The monoisotopic (exact) mass is 384 g/mol. The number of anilines is 1. The molecular weight excluding hydrogens is 368 g/mol. The highest BCUT2D eigenvalue weighted by Crippen LogP contribution is 2.23. The van der Waals surface area contributed by atoms with Gasteiger partial charge in [0.2, 0.25) is 0 Å². The molecule has 7 nitrogen and oxygen atoms in total. The van der Waals surface area contributed by atoms with E-state index >= 15 is 0 Å². The molecule has 0 aliphatic rings. The van der Waals surface area contributed by atoms with Crippen LogP contribution in [0.1, 0.15) is 32.0 Å². The molecule has 0 fully saturated rings. The van der Waals surface area contributed by atoms with E-state index < -0.39 is 5.97 Å². The number of benzene rings is 2. The Balaban J connectivity index is 1.56. The Morgan fingerprint density at radius 2 is 1.79 bits per heavy atom. The fraction of sp³-hybridized carbons (Fsp3) is 0. The minimum Gasteiger partial charge on any atom is -0.478 e. The summed E-state index contributed by atoms with van der Waals surface area (Å²) in [5, 5.41) is 19.9. The summed E-state index contributed by atoms with van der Waals surface area (Å²) in [5.41, 5.74) is 3.66. The van der Waals surface area contributed by atoms with Crippen molar-refractivity contribution >= 4 is 40.6 Å². The van der Waals surface area contributed by atoms with Gasteiger partial charge in [0, 0.05) is 29.0 Å². The molecular formula is C22H16N4O3. The molecule has 29 heavy (non-hydrogen) atoms. The average molecular weight is 384 g/mol. The predicted octanol–water partition coefficient (Wildman–Crippen LogP) is 4.08. The number of rotatable bonds is 5. The van der Waals surface area contributed by atoms with Gasteiger partial charge in [-0.3, -0.25) is 14.9 Å². The Morgan fingerprint density at radius 3 is 2.52 bits per heavy atom. The van der Waals surface area contributed by atoms with E-state index in [4.69, 9.17) is 5.11 Å². The molecule has 0 saturated carbocycles. The second-order valence-corrected chi connectivity index (χ2v) is 6.33. The van der Waals surface area contributed by atoms with E-state index in [9.17, 15) is 9.59 Å². The first-order valence-corrected chi connectivity index (χ1v) is 8.81. The number of carboxylic acids is 1. The van der Waals surface area contributed by atoms with Crippen molar-refractivity contribution in [3.05, 3.63) is 89.4 Å². The van der Waals surface area contributed by atoms with Gasteiger partial charge in [-0.15, -0.1) is 0 Å². The highest BCUT2D eigenvalue weighted by atomic mass is 16.4. The number of amides is 1. The third-order valence-corrected chi connectivity index (χ3v) is 4.36. The summed E-state index contributed by atoms with van der Waals surface area (Å²) in [6.07, 6.45) is 7.27. The fourth-order valence-corrected chi connectivity index (χ4v) is 2.86. The Kier molecular flexibility index (Phi) is 4.86. The van der Waals surface area contributed by atoms with Crippen molar-refractivity contribution in [3.8, 4) is 0 Å². The highest BCUT2D eigenvalue weighted by Gasteiger charge is 2.10. The maximum Gasteiger partial charge on any atom is 0.335 e. The Morgan fingerprint density at radius 1 is 1.00 bits per heavy atom. The molecule has 0 spiro atoms. The number of H-pyrrole nitrogens is 1. The lowest BCUT2D eigenvalue weighted by atomic mass is 10.1. The average Bonchev–Trinajstić information content (AvgIpc) is 3.15. The van der Waals surface area contributed by atoms with Gasteiger partial charge >= 0.3 is 5.97 Å². The van der Waals surface area contributed by atoms with Gasteiger partial charge in [0.05, 0.1) is 16.8 Å². The topological polar surface area (TPSA) is 108 Å². The third kappa shape index (κ3) is 4.03. The Labute approximate surface area is 165 Å². The molecule has 3 N–H and O–H groups in total. The summed E-state index contributed by atoms with van der Waals surface area (Å²) in [7, 11) is 0. The van der Waals surface area contributed by atoms with Crippen LogP contribution in [0.5, 0.6) is 0 Å². The number of hydrogen-bond acceptors (Lipinski definition) is 4. The van der Waals surface area contributed by atoms with Crippen LogP contribution in [-0.4, -0.2) is 32.2 Å². The Bertz CT molecular complexity index is 1210. The molecule has 1 amide bonds. The number of nitrogens with zero attached hydrogens (tertiary/aromatic N) is 2. The number of carboxylic acid groups (broad SMARTS) is 1. The number of fused-ring (bicyclic) bond motifs is 1. The van der Waals surface area contributed by atoms with Crippen LogP contribution in [0.3, 0.4) is 0 Å². The van der Waals surface area contributed by atoms with Gasteiger partial charge in [-0.05, 0) is 60.2 Å². The van der Waals surface area contributed by atoms with Crippen molar-refractivity contribution in [3.63, 3.8) is 0 Å². The molecule has 2 aromatic heterocycles. The number of carbonyl (C=O) groups is 2. The van der Waals surface area contributed by atoms with Crippen molar-refractivity contribution in [2.75, 3.05) is 5.32 Å². The molecule has 0 atom stereocenters. The van der Waals surface area contributed by atoms with Crippen LogP contribution in [0.15, 0.2) is 67.0 Å². The standard InChI is InChI=1S/C22H16N4O3/c27-21(15-4-6-16(7-5-15)22(28)29)24-17-8-10-20-18(12-17)19(25-26-20)9-3-14-2-1-11-23-13-14/h1-13H,(H,24,27)(H,25,26)(H,28,29). The van der Waals surface area contributed by atoms with Crippen molar-refractivity contribution in [2.45, 2.75) is 0 Å². The first kappa shape index (κ1) is 18.1. The number of aromatic carboxylic acids is 1. The zero-order valence-electron chi connectivity index (χ0n) is 15.2. The SMILES string of the molecule is O=C(O)c1ccc(C(=O)Nc2ccc3[nH]nc(C=Cc4cccnc4)c3c2)cc1. The van der Waals surface area contributed by atoms with E-state index in [0.717, 1.165) is 22.2 Å². The number of carbonyl (C=O) groups excluding carboxylic acids is 1. The zero-order valence-corrected chi connectivity index (χ0v) is 15.2. The fourth-order valence-electron chi connectivity index (χ4n) is 2.86. The molecule has 4 aromatic rings. The van der Waals surface area contributed by atoms with E-state index in [1.54, 1.807) is 18.5 Å². The zero-order chi connectivity index (χ0) is 20.2. The lowest BCUT2D eigenvalue weighted by molar-refractivity contribution is 0.0696. The van der Waals surface area contributed by atoms with Crippen LogP contribution >= 0.6 is 0 Å². The third-order valence-electron chi connectivity index (χ3n) is 4.36. The van der Waals surface area contributed by atoms with Gasteiger partial charge < -0.3 is 10.4 Å². The van der Waals surface area contributed by atoms with Gasteiger partial charge in [-0.1, -0.05) is 12.1 Å². The van der Waals surface area contributed by atoms with Crippen LogP contribution in [0, 0.1) is 0 Å². The Hall–Kier alpha value is -4.26. The molecule has 2 aromatic carbocycles. The lowest BCUT2D eigenvalue weighted by Gasteiger charge is -2.06. The van der Waals surface area contributed by atoms with E-state index in [1.165, 1.54) is 24.3 Å². The molecule has 0 unspecified atom stereocenters. The predicted molar refractivity (Wildman–Crippen MR) is 111 cm³/mol. The lowest BCUT2D eigenvalue weighted by Crippen LogP contribution is -2.12. The molecule has 0 aliphatic heterocycles. The van der Waals surface area contributed by atoms with E-state index in [2.05, 4.69) is 20.5 Å². The van der Waals surface area contributed by atoms with Gasteiger partial charge in [0.25, 0.3) is 5.91 Å². The second kappa shape index (κ2) is 7.77. The van der Waals surface area contributed by atoms with E-state index in [0.29, 0.717) is 11.3 Å². The summed E-state index contributed by atoms with van der Waals surface area (Å²) in [4.78, 5) is 27.5. The number of hydrogen-bond donors (Lipinski definition) is 3. The molecule has 0 aliphatic carbocycles. The largest absolute Gasteiger partial charge is 0.478 e. The van der Waals surface area contributed by atoms with Gasteiger partial charge in [0.15, 0.2) is 0 Å². The van der Waals surface area contributed by atoms with Crippen LogP contribution in [0.2, 0.25) is 0 Å². The first-order chi connectivity index (χ1) is 14.1. The van der Waals surface area contributed by atoms with Crippen LogP contribution in [0.4, 0.5) is 5.69 Å². The number of aromatic nitrogens is 3. The number of aromatic amines is 1. The van der Waals surface area contributed by atoms with Crippen LogP contribution in [-0.2, 0) is 0 Å². The van der Waals surface area contributed by atoms with Crippen molar-refractivity contribution in [1.29, 1.82) is 0 Å². The summed E-state index contributed by atoms with van der Waals surface area (Å²) in [6.45, 7) is 0. The van der Waals surface area contributed by atoms with Crippen molar-refractivity contribution < 1.29 is 14.7 Å². The van der Waals surface area contributed by atoms with E-state index in [1.807, 2.05) is 36.4 Å². The maximum absolute atomic E-state index is 12.5. The smallest absolute Gasteiger partial charge is 0.335 e. The summed E-state index contributed by atoms with van der Waals surface area (Å²) in [6, 6.07) is 15.0. The second-order valence-electron chi connectivity index (χ2n) is 6.33. The van der Waals surface area contributed by atoms with Gasteiger partial charge in [-0.25, -0.2) is 4.79 Å². The normalized spacial score (nSPS) is 11.0.